The Morgan fingerprint density at radius 3 is 2.11 bits per heavy atom. The number of aromatic amines is 1. The summed E-state index contributed by atoms with van der Waals surface area (Å²) in [5.74, 6) is 0.816. The Kier molecular flexibility index (Phi) is 9.33. The molecule has 1 rings (SSSR count). The second kappa shape index (κ2) is 11.0. The lowest BCUT2D eigenvalue weighted by atomic mass is 10.0. The summed E-state index contributed by atoms with van der Waals surface area (Å²) in [6, 6.07) is 0.0246. The predicted molar refractivity (Wildman–Crippen MR) is 79.8 cm³/mol. The summed E-state index contributed by atoms with van der Waals surface area (Å²) in [5, 5.41) is 6.66. The summed E-state index contributed by atoms with van der Waals surface area (Å²) in [6.45, 7) is 2.27. The molecule has 1 aromatic rings. The number of nitrogens with one attached hydrogen (secondary N) is 1. The van der Waals surface area contributed by atoms with Crippen molar-refractivity contribution in [1.82, 2.24) is 15.2 Å². The van der Waals surface area contributed by atoms with Crippen molar-refractivity contribution in [3.05, 3.63) is 12.2 Å². The highest BCUT2D eigenvalue weighted by Gasteiger charge is 2.07. The van der Waals surface area contributed by atoms with Gasteiger partial charge in [0.25, 0.3) is 0 Å². The van der Waals surface area contributed by atoms with Gasteiger partial charge < -0.3 is 5.73 Å². The quantitative estimate of drug-likeness (QED) is 0.559. The zero-order chi connectivity index (χ0) is 13.8. The molecule has 0 saturated heterocycles. The van der Waals surface area contributed by atoms with Crippen molar-refractivity contribution in [2.75, 3.05) is 0 Å². The fraction of sp³-hybridized carbons (Fsp3) is 0.867. The molecule has 19 heavy (non-hydrogen) atoms. The molecule has 0 spiro atoms. The van der Waals surface area contributed by atoms with Crippen LogP contribution in [0.1, 0.15) is 89.4 Å². The zero-order valence-electron chi connectivity index (χ0n) is 12.4. The molecular weight excluding hydrogens is 236 g/mol. The number of unbranched alkanes of at least 4 members (excludes halogenated alkanes) is 9. The smallest absolute Gasteiger partial charge is 0.141 e. The van der Waals surface area contributed by atoms with E-state index in [1.54, 1.807) is 0 Å². The van der Waals surface area contributed by atoms with Gasteiger partial charge in [-0.25, -0.2) is 4.98 Å². The standard InChI is InChI=1S/C15H30N4/c1-2-3-4-5-6-7-8-9-10-11-12-14(16)15-17-13-18-19-15/h13-14H,2-12,16H2,1H3,(H,17,18,19). The lowest BCUT2D eigenvalue weighted by Gasteiger charge is -2.07. The molecule has 0 aliphatic carbocycles. The molecule has 4 nitrogen and oxygen atoms in total. The molecule has 0 fully saturated rings. The maximum absolute atomic E-state index is 6.01. The first kappa shape index (κ1) is 16.2. The highest BCUT2D eigenvalue weighted by Crippen LogP contribution is 2.15. The largest absolute Gasteiger partial charge is 0.321 e. The summed E-state index contributed by atoms with van der Waals surface area (Å²) < 4.78 is 0. The van der Waals surface area contributed by atoms with Crippen molar-refractivity contribution in [3.63, 3.8) is 0 Å². The summed E-state index contributed by atoms with van der Waals surface area (Å²) in [5.41, 5.74) is 6.01. The SMILES string of the molecule is CCCCCCCCCCCCC(N)c1ncn[nH]1. The number of rotatable bonds is 12. The lowest BCUT2D eigenvalue weighted by Crippen LogP contribution is -2.11. The van der Waals surface area contributed by atoms with E-state index in [1.165, 1.54) is 70.5 Å². The van der Waals surface area contributed by atoms with E-state index in [1.807, 2.05) is 0 Å². The van der Waals surface area contributed by atoms with E-state index in [0.29, 0.717) is 0 Å². The molecule has 1 atom stereocenters. The Hall–Kier alpha value is -0.900. The topological polar surface area (TPSA) is 67.6 Å². The Balaban J connectivity index is 1.83. The van der Waals surface area contributed by atoms with Gasteiger partial charge in [0.1, 0.15) is 12.2 Å². The van der Waals surface area contributed by atoms with Gasteiger partial charge in [-0.1, -0.05) is 71.1 Å². The van der Waals surface area contributed by atoms with E-state index in [4.69, 9.17) is 5.73 Å². The van der Waals surface area contributed by atoms with E-state index in [-0.39, 0.29) is 6.04 Å². The van der Waals surface area contributed by atoms with Gasteiger partial charge >= 0.3 is 0 Å². The number of hydrogen-bond donors (Lipinski definition) is 2. The van der Waals surface area contributed by atoms with Gasteiger partial charge in [-0.3, -0.25) is 5.10 Å². The van der Waals surface area contributed by atoms with Crippen LogP contribution < -0.4 is 5.73 Å². The van der Waals surface area contributed by atoms with E-state index >= 15 is 0 Å². The van der Waals surface area contributed by atoms with E-state index in [0.717, 1.165) is 12.2 Å². The Labute approximate surface area is 117 Å². The van der Waals surface area contributed by atoms with Crippen LogP contribution in [0.3, 0.4) is 0 Å². The molecule has 0 aliphatic rings. The highest BCUT2D eigenvalue weighted by atomic mass is 15.2. The second-order valence-electron chi connectivity index (χ2n) is 5.45. The first-order valence-corrected chi connectivity index (χ1v) is 7.95. The average molecular weight is 266 g/mol. The molecule has 0 saturated carbocycles. The van der Waals surface area contributed by atoms with E-state index in [2.05, 4.69) is 22.1 Å². The predicted octanol–water partition coefficient (Wildman–Crippen LogP) is 4.12. The van der Waals surface area contributed by atoms with Gasteiger partial charge in [0.2, 0.25) is 0 Å². The highest BCUT2D eigenvalue weighted by molar-refractivity contribution is 4.88. The van der Waals surface area contributed by atoms with Crippen molar-refractivity contribution >= 4 is 0 Å². The number of nitrogens with two attached hydrogens (primary N) is 1. The molecular formula is C15H30N4. The molecule has 0 amide bonds. The van der Waals surface area contributed by atoms with Gasteiger partial charge in [-0.05, 0) is 6.42 Å². The molecule has 0 radical (unpaired) electrons. The monoisotopic (exact) mass is 266 g/mol. The van der Waals surface area contributed by atoms with Crippen molar-refractivity contribution in [2.45, 2.75) is 83.6 Å². The van der Waals surface area contributed by atoms with Crippen LogP contribution in [0.25, 0.3) is 0 Å². The van der Waals surface area contributed by atoms with Crippen LogP contribution in [0.4, 0.5) is 0 Å². The number of hydrogen-bond acceptors (Lipinski definition) is 3. The van der Waals surface area contributed by atoms with Crippen molar-refractivity contribution < 1.29 is 0 Å². The minimum absolute atomic E-state index is 0.0246. The second-order valence-corrected chi connectivity index (χ2v) is 5.45. The van der Waals surface area contributed by atoms with Gasteiger partial charge in [0, 0.05) is 0 Å². The average Bonchev–Trinajstić information content (AvgIpc) is 2.95. The molecule has 4 heteroatoms. The first-order valence-electron chi connectivity index (χ1n) is 7.95. The summed E-state index contributed by atoms with van der Waals surface area (Å²) in [4.78, 5) is 4.09. The third-order valence-electron chi connectivity index (χ3n) is 3.65. The van der Waals surface area contributed by atoms with Crippen LogP contribution in [0.15, 0.2) is 6.33 Å². The van der Waals surface area contributed by atoms with Gasteiger partial charge in [-0.2, -0.15) is 5.10 Å². The normalized spacial score (nSPS) is 12.7. The van der Waals surface area contributed by atoms with Crippen LogP contribution in [-0.4, -0.2) is 15.2 Å². The fourth-order valence-electron chi connectivity index (χ4n) is 2.38. The van der Waals surface area contributed by atoms with Crippen LogP contribution >= 0.6 is 0 Å². The molecule has 1 heterocycles. The third kappa shape index (κ3) is 7.98. The Morgan fingerprint density at radius 1 is 1.00 bits per heavy atom. The molecule has 0 aromatic carbocycles. The minimum atomic E-state index is 0.0246. The summed E-state index contributed by atoms with van der Waals surface area (Å²) in [6.07, 6.45) is 16.1. The van der Waals surface area contributed by atoms with Crippen molar-refractivity contribution in [1.29, 1.82) is 0 Å². The summed E-state index contributed by atoms with van der Waals surface area (Å²) in [7, 11) is 0. The number of aromatic nitrogens is 3. The van der Waals surface area contributed by atoms with Gasteiger partial charge in [-0.15, -0.1) is 0 Å². The maximum atomic E-state index is 6.01. The van der Waals surface area contributed by atoms with Gasteiger partial charge in [0.05, 0.1) is 6.04 Å². The van der Waals surface area contributed by atoms with Crippen LogP contribution in [0, 0.1) is 0 Å². The Bertz CT molecular complexity index is 284. The fourth-order valence-corrected chi connectivity index (χ4v) is 2.38. The van der Waals surface area contributed by atoms with Crippen molar-refractivity contribution in [2.24, 2.45) is 5.73 Å². The number of nitrogens with zero attached hydrogens (tertiary/aromatic N) is 2. The van der Waals surface area contributed by atoms with Gasteiger partial charge in [0.15, 0.2) is 0 Å². The van der Waals surface area contributed by atoms with E-state index < -0.39 is 0 Å². The third-order valence-corrected chi connectivity index (χ3v) is 3.65. The first-order chi connectivity index (χ1) is 9.34. The van der Waals surface area contributed by atoms with Crippen LogP contribution in [-0.2, 0) is 0 Å². The zero-order valence-corrected chi connectivity index (χ0v) is 12.4. The lowest BCUT2D eigenvalue weighted by molar-refractivity contribution is 0.520. The molecule has 1 aromatic heterocycles. The molecule has 0 aliphatic heterocycles. The number of H-pyrrole nitrogens is 1. The molecule has 1 unspecified atom stereocenters. The summed E-state index contributed by atoms with van der Waals surface area (Å²) >= 11 is 0. The molecule has 3 N–H and O–H groups in total. The van der Waals surface area contributed by atoms with Crippen molar-refractivity contribution in [3.8, 4) is 0 Å². The Morgan fingerprint density at radius 2 is 1.58 bits per heavy atom. The maximum Gasteiger partial charge on any atom is 0.141 e. The van der Waals surface area contributed by atoms with E-state index in [9.17, 15) is 0 Å². The van der Waals surface area contributed by atoms with Crippen LogP contribution in [0.5, 0.6) is 0 Å². The van der Waals surface area contributed by atoms with Crippen LogP contribution in [0.2, 0.25) is 0 Å². The minimum Gasteiger partial charge on any atom is -0.321 e. The molecule has 0 bridgehead atoms. The molecule has 110 valence electrons.